The topological polar surface area (TPSA) is 86.6 Å². The Labute approximate surface area is 124 Å². The standard InChI is InChI=1S/C16H21NO4/c18-14-9-8-12(16(20)21)10-13(14)17-15(19)11-6-4-2-1-3-5-7-11/h8-11,18H,1-7H2,(H,17,19)(H,20,21). The molecule has 2 rings (SSSR count). The van der Waals surface area contributed by atoms with Gasteiger partial charge in [0.25, 0.3) is 0 Å². The number of rotatable bonds is 3. The monoisotopic (exact) mass is 291 g/mol. The Morgan fingerprint density at radius 3 is 2.29 bits per heavy atom. The number of nitrogens with one attached hydrogen (secondary N) is 1. The molecule has 1 amide bonds. The lowest BCUT2D eigenvalue weighted by Gasteiger charge is -2.19. The molecule has 0 atom stereocenters. The molecule has 1 saturated carbocycles. The van der Waals surface area contributed by atoms with Crippen molar-refractivity contribution in [3.05, 3.63) is 23.8 Å². The first-order chi connectivity index (χ1) is 10.1. The van der Waals surface area contributed by atoms with Crippen LogP contribution in [-0.2, 0) is 4.79 Å². The van der Waals surface area contributed by atoms with E-state index < -0.39 is 5.97 Å². The molecule has 0 saturated heterocycles. The second kappa shape index (κ2) is 7.11. The van der Waals surface area contributed by atoms with Gasteiger partial charge in [-0.15, -0.1) is 0 Å². The van der Waals surface area contributed by atoms with Crippen LogP contribution in [0.3, 0.4) is 0 Å². The van der Waals surface area contributed by atoms with E-state index in [1.807, 2.05) is 0 Å². The first-order valence-electron chi connectivity index (χ1n) is 7.45. The number of anilines is 1. The van der Waals surface area contributed by atoms with Gasteiger partial charge in [-0.25, -0.2) is 4.79 Å². The van der Waals surface area contributed by atoms with Gasteiger partial charge in [-0.2, -0.15) is 0 Å². The number of hydrogen-bond acceptors (Lipinski definition) is 3. The van der Waals surface area contributed by atoms with Gasteiger partial charge in [0.2, 0.25) is 5.91 Å². The van der Waals surface area contributed by atoms with Gasteiger partial charge < -0.3 is 15.5 Å². The number of carbonyl (C=O) groups is 2. The van der Waals surface area contributed by atoms with Crippen molar-refractivity contribution in [2.24, 2.45) is 5.92 Å². The van der Waals surface area contributed by atoms with Crippen molar-refractivity contribution in [3.8, 4) is 5.75 Å². The second-order valence-electron chi connectivity index (χ2n) is 5.57. The summed E-state index contributed by atoms with van der Waals surface area (Å²) in [6.07, 6.45) is 7.33. The van der Waals surface area contributed by atoms with Crippen molar-refractivity contribution in [2.45, 2.75) is 44.9 Å². The minimum atomic E-state index is -1.09. The van der Waals surface area contributed by atoms with Crippen molar-refractivity contribution >= 4 is 17.6 Å². The SMILES string of the molecule is O=C(O)c1ccc(O)c(NC(=O)C2CCCCCCC2)c1. The van der Waals surface area contributed by atoms with E-state index in [9.17, 15) is 14.7 Å². The van der Waals surface area contributed by atoms with Crippen molar-refractivity contribution in [2.75, 3.05) is 5.32 Å². The van der Waals surface area contributed by atoms with Crippen LogP contribution >= 0.6 is 0 Å². The van der Waals surface area contributed by atoms with Gasteiger partial charge in [0.15, 0.2) is 0 Å². The fraction of sp³-hybridized carbons (Fsp3) is 0.500. The molecule has 1 aliphatic carbocycles. The first kappa shape index (κ1) is 15.4. The quantitative estimate of drug-likeness (QED) is 0.745. The Balaban J connectivity index is 2.07. The molecule has 3 N–H and O–H groups in total. The van der Waals surface area contributed by atoms with Crippen molar-refractivity contribution in [1.82, 2.24) is 0 Å². The summed E-state index contributed by atoms with van der Waals surface area (Å²) in [4.78, 5) is 23.2. The Morgan fingerprint density at radius 2 is 1.67 bits per heavy atom. The van der Waals surface area contributed by atoms with E-state index >= 15 is 0 Å². The molecule has 0 aliphatic heterocycles. The fourth-order valence-corrected chi connectivity index (χ4v) is 2.72. The highest BCUT2D eigenvalue weighted by Crippen LogP contribution is 2.27. The molecule has 1 aromatic carbocycles. The number of phenols is 1. The number of hydrogen-bond donors (Lipinski definition) is 3. The van der Waals surface area contributed by atoms with Crippen LogP contribution in [0.25, 0.3) is 0 Å². The maximum atomic E-state index is 12.3. The Morgan fingerprint density at radius 1 is 1.05 bits per heavy atom. The summed E-state index contributed by atoms with van der Waals surface area (Å²) < 4.78 is 0. The van der Waals surface area contributed by atoms with Gasteiger partial charge in [0.1, 0.15) is 5.75 Å². The van der Waals surface area contributed by atoms with Crippen molar-refractivity contribution in [1.29, 1.82) is 0 Å². The average molecular weight is 291 g/mol. The maximum absolute atomic E-state index is 12.3. The predicted molar refractivity (Wildman–Crippen MR) is 79.5 cm³/mol. The largest absolute Gasteiger partial charge is 0.506 e. The van der Waals surface area contributed by atoms with E-state index in [-0.39, 0.29) is 28.8 Å². The lowest BCUT2D eigenvalue weighted by Crippen LogP contribution is -2.23. The number of carboxylic acid groups (broad SMARTS) is 1. The highest BCUT2D eigenvalue weighted by molar-refractivity contribution is 5.96. The van der Waals surface area contributed by atoms with Crippen LogP contribution in [0.4, 0.5) is 5.69 Å². The summed E-state index contributed by atoms with van der Waals surface area (Å²) in [5, 5.41) is 21.4. The fourth-order valence-electron chi connectivity index (χ4n) is 2.72. The molecule has 0 unspecified atom stereocenters. The molecule has 0 bridgehead atoms. The highest BCUT2D eigenvalue weighted by atomic mass is 16.4. The molecule has 21 heavy (non-hydrogen) atoms. The molecule has 0 aromatic heterocycles. The van der Waals surface area contributed by atoms with Gasteiger partial charge in [-0.05, 0) is 31.0 Å². The van der Waals surface area contributed by atoms with Gasteiger partial charge in [0.05, 0.1) is 11.3 Å². The molecule has 114 valence electrons. The first-order valence-corrected chi connectivity index (χ1v) is 7.45. The molecule has 1 aliphatic rings. The number of phenolic OH excluding ortho intramolecular Hbond substituents is 1. The third-order valence-electron chi connectivity index (χ3n) is 3.98. The predicted octanol–water partition coefficient (Wildman–Crippen LogP) is 3.39. The third-order valence-corrected chi connectivity index (χ3v) is 3.98. The molecule has 0 spiro atoms. The van der Waals surface area contributed by atoms with E-state index in [4.69, 9.17) is 5.11 Å². The summed E-state index contributed by atoms with van der Waals surface area (Å²) in [6.45, 7) is 0. The van der Waals surface area contributed by atoms with E-state index in [0.717, 1.165) is 38.5 Å². The van der Waals surface area contributed by atoms with E-state index in [1.54, 1.807) is 0 Å². The lowest BCUT2D eigenvalue weighted by molar-refractivity contribution is -0.120. The van der Waals surface area contributed by atoms with Gasteiger partial charge >= 0.3 is 5.97 Å². The van der Waals surface area contributed by atoms with Crippen LogP contribution < -0.4 is 5.32 Å². The van der Waals surface area contributed by atoms with Crippen molar-refractivity contribution in [3.63, 3.8) is 0 Å². The number of amides is 1. The smallest absolute Gasteiger partial charge is 0.335 e. The van der Waals surface area contributed by atoms with E-state index in [2.05, 4.69) is 5.32 Å². The van der Waals surface area contributed by atoms with Gasteiger partial charge in [0, 0.05) is 5.92 Å². The number of carboxylic acids is 1. The molecule has 5 heteroatoms. The molecular formula is C16H21NO4. The zero-order valence-corrected chi connectivity index (χ0v) is 12.0. The average Bonchev–Trinajstić information content (AvgIpc) is 2.40. The maximum Gasteiger partial charge on any atom is 0.335 e. The summed E-state index contributed by atoms with van der Waals surface area (Å²) in [5.74, 6) is -1.39. The molecule has 5 nitrogen and oxygen atoms in total. The Kier molecular flexibility index (Phi) is 5.20. The number of benzene rings is 1. The summed E-state index contributed by atoms with van der Waals surface area (Å²) in [6, 6.07) is 3.89. The second-order valence-corrected chi connectivity index (χ2v) is 5.57. The van der Waals surface area contributed by atoms with E-state index in [0.29, 0.717) is 0 Å². The van der Waals surface area contributed by atoms with Gasteiger partial charge in [-0.1, -0.05) is 32.1 Å². The van der Waals surface area contributed by atoms with E-state index in [1.165, 1.54) is 24.6 Å². The molecule has 1 aromatic rings. The zero-order valence-electron chi connectivity index (χ0n) is 12.0. The Bertz CT molecular complexity index is 519. The number of aromatic carboxylic acids is 1. The molecular weight excluding hydrogens is 270 g/mol. The third kappa shape index (κ3) is 4.21. The van der Waals surface area contributed by atoms with Crippen LogP contribution in [0, 0.1) is 5.92 Å². The number of carbonyl (C=O) groups excluding carboxylic acids is 1. The van der Waals surface area contributed by atoms with Crippen molar-refractivity contribution < 1.29 is 19.8 Å². The zero-order chi connectivity index (χ0) is 15.2. The van der Waals surface area contributed by atoms with Crippen LogP contribution in [0.15, 0.2) is 18.2 Å². The van der Waals surface area contributed by atoms with Crippen LogP contribution in [0.5, 0.6) is 5.75 Å². The van der Waals surface area contributed by atoms with Crippen LogP contribution in [0.1, 0.15) is 55.3 Å². The summed E-state index contributed by atoms with van der Waals surface area (Å²) >= 11 is 0. The molecule has 0 radical (unpaired) electrons. The minimum Gasteiger partial charge on any atom is -0.506 e. The molecule has 1 fully saturated rings. The number of aromatic hydroxyl groups is 1. The van der Waals surface area contributed by atoms with Crippen LogP contribution in [-0.4, -0.2) is 22.1 Å². The lowest BCUT2D eigenvalue weighted by atomic mass is 9.90. The normalized spacial score (nSPS) is 16.8. The van der Waals surface area contributed by atoms with Crippen LogP contribution in [0.2, 0.25) is 0 Å². The summed E-state index contributed by atoms with van der Waals surface area (Å²) in [7, 11) is 0. The molecule has 0 heterocycles. The minimum absolute atomic E-state index is 0.0424. The highest BCUT2D eigenvalue weighted by Gasteiger charge is 2.20. The summed E-state index contributed by atoms with van der Waals surface area (Å²) in [5.41, 5.74) is 0.211. The Hall–Kier alpha value is -2.04. The van der Waals surface area contributed by atoms with Gasteiger partial charge in [-0.3, -0.25) is 4.79 Å².